The molecule has 2 atom stereocenters. The summed E-state index contributed by atoms with van der Waals surface area (Å²) in [6.07, 6.45) is 3.21. The number of hydrogen-bond donors (Lipinski definition) is 2. The molecule has 2 unspecified atom stereocenters. The van der Waals surface area contributed by atoms with E-state index in [1.165, 1.54) is 0 Å². The first-order chi connectivity index (χ1) is 12.7. The highest BCUT2D eigenvalue weighted by Crippen LogP contribution is 2.12. The van der Waals surface area contributed by atoms with E-state index in [4.69, 9.17) is 4.74 Å². The monoisotopic (exact) mass is 379 g/mol. The van der Waals surface area contributed by atoms with Gasteiger partial charge in [0.05, 0.1) is 6.54 Å². The maximum Gasteiger partial charge on any atom is 0.410 e. The van der Waals surface area contributed by atoms with Crippen LogP contribution in [0.3, 0.4) is 0 Å². The van der Waals surface area contributed by atoms with Gasteiger partial charge in [-0.2, -0.15) is 5.10 Å². The highest BCUT2D eigenvalue weighted by Gasteiger charge is 2.22. The largest absolute Gasteiger partial charge is 0.444 e. The first-order valence-electron chi connectivity index (χ1n) is 9.46. The molecule has 0 aliphatic carbocycles. The number of aliphatic imine (C=N–C) groups is 1. The summed E-state index contributed by atoms with van der Waals surface area (Å²) in [6, 6.07) is 0.269. The van der Waals surface area contributed by atoms with Crippen molar-refractivity contribution in [2.75, 3.05) is 27.2 Å². The van der Waals surface area contributed by atoms with E-state index < -0.39 is 5.60 Å². The van der Waals surface area contributed by atoms with E-state index in [1.54, 1.807) is 25.3 Å². The number of amides is 1. The van der Waals surface area contributed by atoms with Crippen LogP contribution in [0.25, 0.3) is 0 Å². The summed E-state index contributed by atoms with van der Waals surface area (Å²) in [5, 5.41) is 11.0. The number of aromatic nitrogens is 3. The number of carbonyl (C=O) groups excluding carboxylic acids is 1. The maximum atomic E-state index is 12.1. The van der Waals surface area contributed by atoms with E-state index in [-0.39, 0.29) is 18.1 Å². The van der Waals surface area contributed by atoms with Crippen LogP contribution in [0, 0.1) is 5.92 Å². The summed E-state index contributed by atoms with van der Waals surface area (Å²) in [7, 11) is 3.52. The second-order valence-corrected chi connectivity index (χ2v) is 8.16. The molecule has 0 spiro atoms. The van der Waals surface area contributed by atoms with Crippen LogP contribution < -0.4 is 10.6 Å². The summed E-state index contributed by atoms with van der Waals surface area (Å²) in [6.45, 7) is 9.78. The van der Waals surface area contributed by atoms with E-state index >= 15 is 0 Å². The van der Waals surface area contributed by atoms with Crippen molar-refractivity contribution < 1.29 is 9.53 Å². The number of nitrogens with zero attached hydrogens (tertiary/aromatic N) is 5. The minimum atomic E-state index is -0.483. The molecule has 0 aromatic carbocycles. The Bertz CT molecular complexity index is 650. The SMILES string of the molecule is CN=C(NCC(C)CN(C)C(=O)OC(C)(C)C)NC1CCc2ncnn2C1. The third kappa shape index (κ3) is 6.73. The molecule has 0 saturated carbocycles. The van der Waals surface area contributed by atoms with E-state index in [0.717, 1.165) is 31.2 Å². The predicted octanol–water partition coefficient (Wildman–Crippen LogP) is 1.26. The normalized spacial score (nSPS) is 18.4. The molecule has 0 fully saturated rings. The number of ether oxygens (including phenoxy) is 1. The Balaban J connectivity index is 1.74. The molecule has 152 valence electrons. The second-order valence-electron chi connectivity index (χ2n) is 8.16. The number of aryl methyl sites for hydroxylation is 1. The Morgan fingerprint density at radius 3 is 2.93 bits per heavy atom. The fourth-order valence-corrected chi connectivity index (χ4v) is 2.96. The molecule has 2 rings (SSSR count). The molecule has 0 radical (unpaired) electrons. The number of hydrogen-bond acceptors (Lipinski definition) is 5. The molecule has 2 N–H and O–H groups in total. The first kappa shape index (κ1) is 21.0. The average Bonchev–Trinajstić information content (AvgIpc) is 3.04. The molecule has 1 amide bonds. The number of guanidine groups is 1. The van der Waals surface area contributed by atoms with Crippen molar-refractivity contribution >= 4 is 12.1 Å². The van der Waals surface area contributed by atoms with Crippen molar-refractivity contribution in [3.63, 3.8) is 0 Å². The third-order valence-corrected chi connectivity index (χ3v) is 4.28. The highest BCUT2D eigenvalue weighted by molar-refractivity contribution is 5.80. The molecule has 9 nitrogen and oxygen atoms in total. The lowest BCUT2D eigenvalue weighted by Gasteiger charge is -2.28. The van der Waals surface area contributed by atoms with Crippen molar-refractivity contribution in [3.8, 4) is 0 Å². The second kappa shape index (κ2) is 9.05. The van der Waals surface area contributed by atoms with Gasteiger partial charge in [0.2, 0.25) is 0 Å². The molecule has 1 aromatic rings. The molecule has 9 heteroatoms. The highest BCUT2D eigenvalue weighted by atomic mass is 16.6. The molecule has 1 aliphatic rings. The van der Waals surface area contributed by atoms with Gasteiger partial charge in [-0.3, -0.25) is 4.99 Å². The Labute approximate surface area is 161 Å². The van der Waals surface area contributed by atoms with E-state index in [1.807, 2.05) is 25.5 Å². The summed E-state index contributed by atoms with van der Waals surface area (Å²) in [4.78, 5) is 22.2. The fraction of sp³-hybridized carbons (Fsp3) is 0.778. The maximum absolute atomic E-state index is 12.1. The number of fused-ring (bicyclic) bond motifs is 1. The molecule has 0 saturated heterocycles. The van der Waals surface area contributed by atoms with Gasteiger partial charge in [0, 0.05) is 39.6 Å². The first-order valence-corrected chi connectivity index (χ1v) is 9.46. The van der Waals surface area contributed by atoms with Gasteiger partial charge in [0.15, 0.2) is 5.96 Å². The number of carbonyl (C=O) groups is 1. The number of rotatable bonds is 5. The van der Waals surface area contributed by atoms with Gasteiger partial charge < -0.3 is 20.3 Å². The number of nitrogens with one attached hydrogen (secondary N) is 2. The van der Waals surface area contributed by atoms with Crippen LogP contribution >= 0.6 is 0 Å². The summed E-state index contributed by atoms with van der Waals surface area (Å²) in [5.74, 6) is 2.04. The summed E-state index contributed by atoms with van der Waals surface area (Å²) >= 11 is 0. The van der Waals surface area contributed by atoms with Crippen molar-refractivity contribution in [2.45, 2.75) is 58.7 Å². The van der Waals surface area contributed by atoms with Gasteiger partial charge in [-0.1, -0.05) is 6.92 Å². The molecule has 27 heavy (non-hydrogen) atoms. The molecule has 2 heterocycles. The van der Waals surface area contributed by atoms with Crippen LogP contribution in [0.1, 0.15) is 39.9 Å². The standard InChI is InChI=1S/C18H33N7O2/c1-13(10-24(6)17(26)27-18(2,3)4)9-20-16(19-5)23-14-7-8-15-21-12-22-25(15)11-14/h12-14H,7-11H2,1-6H3,(H2,19,20,23). The van der Waals surface area contributed by atoms with E-state index in [9.17, 15) is 4.79 Å². The molecule has 0 bridgehead atoms. The topological polar surface area (TPSA) is 96.7 Å². The lowest BCUT2D eigenvalue weighted by Crippen LogP contribution is -2.48. The van der Waals surface area contributed by atoms with Gasteiger partial charge in [-0.25, -0.2) is 14.5 Å². The van der Waals surface area contributed by atoms with Crippen molar-refractivity contribution in [1.29, 1.82) is 0 Å². The van der Waals surface area contributed by atoms with Crippen LogP contribution in [0.4, 0.5) is 4.79 Å². The van der Waals surface area contributed by atoms with E-state index in [2.05, 4.69) is 32.6 Å². The molecular weight excluding hydrogens is 346 g/mol. The predicted molar refractivity (Wildman–Crippen MR) is 105 cm³/mol. The van der Waals surface area contributed by atoms with Crippen LogP contribution in [-0.2, 0) is 17.7 Å². The van der Waals surface area contributed by atoms with Crippen LogP contribution in [-0.4, -0.2) is 70.5 Å². The minimum absolute atomic E-state index is 0.245. The van der Waals surface area contributed by atoms with Gasteiger partial charge in [-0.05, 0) is 33.1 Å². The van der Waals surface area contributed by atoms with Crippen molar-refractivity contribution in [3.05, 3.63) is 12.2 Å². The van der Waals surface area contributed by atoms with Gasteiger partial charge >= 0.3 is 6.09 Å². The smallest absolute Gasteiger partial charge is 0.410 e. The van der Waals surface area contributed by atoms with Crippen LogP contribution in [0.5, 0.6) is 0 Å². The van der Waals surface area contributed by atoms with Crippen molar-refractivity contribution in [1.82, 2.24) is 30.3 Å². The zero-order valence-corrected chi connectivity index (χ0v) is 17.3. The quantitative estimate of drug-likeness (QED) is 0.591. The van der Waals surface area contributed by atoms with Crippen LogP contribution in [0.15, 0.2) is 11.3 Å². The Hall–Kier alpha value is -2.32. The zero-order valence-electron chi connectivity index (χ0n) is 17.3. The van der Waals surface area contributed by atoms with Gasteiger partial charge in [0.25, 0.3) is 0 Å². The van der Waals surface area contributed by atoms with E-state index in [0.29, 0.717) is 13.1 Å². The lowest BCUT2D eigenvalue weighted by atomic mass is 10.1. The third-order valence-electron chi connectivity index (χ3n) is 4.28. The Kier molecular flexibility index (Phi) is 7.04. The Morgan fingerprint density at radius 2 is 2.26 bits per heavy atom. The molecule has 1 aliphatic heterocycles. The molecule has 1 aromatic heterocycles. The van der Waals surface area contributed by atoms with Gasteiger partial charge in [-0.15, -0.1) is 0 Å². The Morgan fingerprint density at radius 1 is 1.52 bits per heavy atom. The summed E-state index contributed by atoms with van der Waals surface area (Å²) < 4.78 is 7.32. The average molecular weight is 380 g/mol. The minimum Gasteiger partial charge on any atom is -0.444 e. The zero-order chi connectivity index (χ0) is 20.0. The molecular formula is C18H33N7O2. The van der Waals surface area contributed by atoms with Crippen molar-refractivity contribution in [2.24, 2.45) is 10.9 Å². The van der Waals surface area contributed by atoms with Gasteiger partial charge in [0.1, 0.15) is 17.8 Å². The summed E-state index contributed by atoms with van der Waals surface area (Å²) in [5.41, 5.74) is -0.483. The van der Waals surface area contributed by atoms with Crippen LogP contribution in [0.2, 0.25) is 0 Å². The lowest BCUT2D eigenvalue weighted by molar-refractivity contribution is 0.0278. The fourth-order valence-electron chi connectivity index (χ4n) is 2.96.